The molecule has 1 saturated heterocycles. The Balaban J connectivity index is 1.03. The highest BCUT2D eigenvalue weighted by atomic mass is 16.5. The van der Waals surface area contributed by atoms with Crippen molar-refractivity contribution in [3.05, 3.63) is 30.0 Å². The third-order valence-electron chi connectivity index (χ3n) is 6.74. The van der Waals surface area contributed by atoms with E-state index in [2.05, 4.69) is 35.5 Å². The highest BCUT2D eigenvalue weighted by Gasteiger charge is 2.43. The fourth-order valence-electron chi connectivity index (χ4n) is 4.78. The summed E-state index contributed by atoms with van der Waals surface area (Å²) in [6, 6.07) is 2.63. The minimum Gasteiger partial charge on any atom is -0.477 e. The Morgan fingerprint density at radius 1 is 1.21 bits per heavy atom. The SMILES string of the molecule is COCCc1noc(N2CCC(C3C[C@H]3CCOc3ncc(-n4cnnn4)cc3C)CC2)n1. The topological polar surface area (TPSA) is 117 Å². The molecular formula is C22H30N8O3. The van der Waals surface area contributed by atoms with Crippen molar-refractivity contribution in [2.24, 2.45) is 17.8 Å². The predicted molar refractivity (Wildman–Crippen MR) is 118 cm³/mol. The van der Waals surface area contributed by atoms with Crippen molar-refractivity contribution in [2.75, 3.05) is 38.3 Å². The Bertz CT molecular complexity index is 1030. The Morgan fingerprint density at radius 3 is 2.85 bits per heavy atom. The standard InChI is InChI=1S/C22H30N8O3/c1-15-11-18(30-14-24-27-28-30)13-23-21(15)32-10-5-17-12-19(17)16-3-7-29(8-4-16)22-25-20(26-33-22)6-9-31-2/h11,13-14,16-17,19H,3-10,12H2,1-2H3/t17-,19?/m1/s1. The van der Waals surface area contributed by atoms with Gasteiger partial charge in [-0.15, -0.1) is 5.10 Å². The number of aryl methyl sites for hydroxylation is 1. The number of ether oxygens (including phenoxy) is 2. The van der Waals surface area contributed by atoms with Gasteiger partial charge in [0.1, 0.15) is 6.33 Å². The Kier molecular flexibility index (Phi) is 6.47. The first-order chi connectivity index (χ1) is 16.2. The molecule has 0 amide bonds. The molecule has 3 aromatic rings. The van der Waals surface area contributed by atoms with Crippen molar-refractivity contribution in [3.63, 3.8) is 0 Å². The van der Waals surface area contributed by atoms with Crippen LogP contribution in [0.3, 0.4) is 0 Å². The van der Waals surface area contributed by atoms with Crippen LogP contribution in [0.5, 0.6) is 5.88 Å². The molecule has 1 saturated carbocycles. The van der Waals surface area contributed by atoms with E-state index < -0.39 is 0 Å². The van der Waals surface area contributed by atoms with Crippen molar-refractivity contribution in [1.82, 2.24) is 35.3 Å². The lowest BCUT2D eigenvalue weighted by Gasteiger charge is -2.30. The van der Waals surface area contributed by atoms with Crippen LogP contribution in [0.4, 0.5) is 6.01 Å². The molecule has 11 nitrogen and oxygen atoms in total. The van der Waals surface area contributed by atoms with Crippen LogP contribution in [-0.2, 0) is 11.2 Å². The fraction of sp³-hybridized carbons (Fsp3) is 0.636. The highest BCUT2D eigenvalue weighted by molar-refractivity contribution is 5.36. The lowest BCUT2D eigenvalue weighted by atomic mass is 9.90. The van der Waals surface area contributed by atoms with Crippen molar-refractivity contribution in [3.8, 4) is 11.6 Å². The Labute approximate surface area is 192 Å². The van der Waals surface area contributed by atoms with Crippen LogP contribution >= 0.6 is 0 Å². The average molecular weight is 455 g/mol. The Morgan fingerprint density at radius 2 is 2.09 bits per heavy atom. The molecule has 0 spiro atoms. The molecule has 0 radical (unpaired) electrons. The summed E-state index contributed by atoms with van der Waals surface area (Å²) in [6.45, 7) is 5.26. The predicted octanol–water partition coefficient (Wildman–Crippen LogP) is 2.26. The maximum atomic E-state index is 5.98. The third-order valence-corrected chi connectivity index (χ3v) is 6.74. The van der Waals surface area contributed by atoms with Gasteiger partial charge < -0.3 is 18.9 Å². The zero-order valence-corrected chi connectivity index (χ0v) is 19.1. The summed E-state index contributed by atoms with van der Waals surface area (Å²) in [4.78, 5) is 11.2. The molecule has 2 fully saturated rings. The maximum absolute atomic E-state index is 5.98. The molecule has 176 valence electrons. The summed E-state index contributed by atoms with van der Waals surface area (Å²) in [7, 11) is 1.68. The number of tetrazole rings is 1. The third kappa shape index (κ3) is 5.13. The van der Waals surface area contributed by atoms with Gasteiger partial charge in [-0.2, -0.15) is 9.67 Å². The molecule has 33 heavy (non-hydrogen) atoms. The summed E-state index contributed by atoms with van der Waals surface area (Å²) in [5.74, 6) is 3.74. The zero-order valence-electron chi connectivity index (χ0n) is 19.1. The number of methoxy groups -OCH3 is 1. The lowest BCUT2D eigenvalue weighted by molar-refractivity contribution is 0.199. The molecular weight excluding hydrogens is 424 g/mol. The van der Waals surface area contributed by atoms with Crippen LogP contribution in [0.15, 0.2) is 23.1 Å². The number of hydrogen-bond acceptors (Lipinski definition) is 10. The van der Waals surface area contributed by atoms with E-state index in [1.165, 1.54) is 19.3 Å². The molecule has 0 bridgehead atoms. The first-order valence-electron chi connectivity index (χ1n) is 11.6. The molecule has 2 aliphatic rings. The van der Waals surface area contributed by atoms with Crippen LogP contribution in [0.2, 0.25) is 0 Å². The molecule has 11 heteroatoms. The van der Waals surface area contributed by atoms with Crippen molar-refractivity contribution >= 4 is 6.01 Å². The fourth-order valence-corrected chi connectivity index (χ4v) is 4.78. The molecule has 1 unspecified atom stereocenters. The van der Waals surface area contributed by atoms with Crippen LogP contribution in [0, 0.1) is 24.7 Å². The van der Waals surface area contributed by atoms with Crippen molar-refractivity contribution < 1.29 is 14.0 Å². The van der Waals surface area contributed by atoms with Crippen LogP contribution in [0.25, 0.3) is 5.69 Å². The van der Waals surface area contributed by atoms with Gasteiger partial charge in [-0.25, -0.2) is 4.98 Å². The second-order valence-electron chi connectivity index (χ2n) is 8.93. The molecule has 0 N–H and O–H groups in total. The molecule has 3 aromatic heterocycles. The summed E-state index contributed by atoms with van der Waals surface area (Å²) in [5, 5.41) is 15.3. The number of aromatic nitrogens is 7. The number of anilines is 1. The quantitative estimate of drug-likeness (QED) is 0.451. The van der Waals surface area contributed by atoms with Gasteiger partial charge in [-0.1, -0.05) is 5.16 Å². The molecule has 5 rings (SSSR count). The minimum atomic E-state index is 0.607. The van der Waals surface area contributed by atoms with Gasteiger partial charge in [-0.3, -0.25) is 0 Å². The molecule has 0 aromatic carbocycles. The molecule has 4 heterocycles. The van der Waals surface area contributed by atoms with Crippen molar-refractivity contribution in [1.29, 1.82) is 0 Å². The first kappa shape index (κ1) is 21.7. The maximum Gasteiger partial charge on any atom is 0.324 e. The molecule has 1 aliphatic carbocycles. The van der Waals surface area contributed by atoms with Gasteiger partial charge in [0.05, 0.1) is 25.1 Å². The van der Waals surface area contributed by atoms with E-state index in [0.717, 1.165) is 48.5 Å². The van der Waals surface area contributed by atoms with E-state index in [0.29, 0.717) is 37.4 Å². The number of rotatable bonds is 10. The Hall–Kier alpha value is -3.08. The van der Waals surface area contributed by atoms with E-state index in [-0.39, 0.29) is 0 Å². The highest BCUT2D eigenvalue weighted by Crippen LogP contribution is 2.49. The van der Waals surface area contributed by atoms with Gasteiger partial charge in [0.25, 0.3) is 0 Å². The average Bonchev–Trinajstić information content (AvgIpc) is 3.21. The van der Waals surface area contributed by atoms with Crippen molar-refractivity contribution in [2.45, 2.75) is 39.0 Å². The number of pyridine rings is 1. The van der Waals surface area contributed by atoms with Crippen LogP contribution in [0.1, 0.15) is 37.1 Å². The van der Waals surface area contributed by atoms with E-state index in [9.17, 15) is 0 Å². The summed E-state index contributed by atoms with van der Waals surface area (Å²) in [5.41, 5.74) is 1.80. The summed E-state index contributed by atoms with van der Waals surface area (Å²) < 4.78 is 18.1. The minimum absolute atomic E-state index is 0.607. The molecule has 1 aliphatic heterocycles. The van der Waals surface area contributed by atoms with Gasteiger partial charge in [-0.05, 0) is 66.9 Å². The smallest absolute Gasteiger partial charge is 0.324 e. The van der Waals surface area contributed by atoms with E-state index in [1.54, 1.807) is 24.3 Å². The number of hydrogen-bond donors (Lipinski definition) is 0. The second-order valence-corrected chi connectivity index (χ2v) is 8.93. The zero-order chi connectivity index (χ0) is 22.6. The van der Waals surface area contributed by atoms with E-state index >= 15 is 0 Å². The van der Waals surface area contributed by atoms with Gasteiger partial charge in [0.15, 0.2) is 5.82 Å². The normalized spacial score (nSPS) is 20.8. The van der Waals surface area contributed by atoms with Gasteiger partial charge in [0, 0.05) is 32.2 Å². The van der Waals surface area contributed by atoms with E-state index in [1.807, 2.05) is 13.0 Å². The lowest BCUT2D eigenvalue weighted by Crippen LogP contribution is -2.34. The number of piperidine rings is 1. The second kappa shape index (κ2) is 9.82. The van der Waals surface area contributed by atoms with E-state index in [4.69, 9.17) is 14.0 Å². The van der Waals surface area contributed by atoms with Crippen LogP contribution < -0.4 is 9.64 Å². The first-order valence-corrected chi connectivity index (χ1v) is 11.6. The van der Waals surface area contributed by atoms with Crippen LogP contribution in [-0.4, -0.2) is 68.7 Å². The largest absolute Gasteiger partial charge is 0.477 e. The van der Waals surface area contributed by atoms with Gasteiger partial charge >= 0.3 is 6.01 Å². The number of nitrogens with zero attached hydrogens (tertiary/aromatic N) is 8. The summed E-state index contributed by atoms with van der Waals surface area (Å²) >= 11 is 0. The molecule has 2 atom stereocenters. The monoisotopic (exact) mass is 454 g/mol. The van der Waals surface area contributed by atoms with Gasteiger partial charge in [0.2, 0.25) is 5.88 Å². The summed E-state index contributed by atoms with van der Waals surface area (Å²) in [6.07, 6.45) is 8.70.